The Morgan fingerprint density at radius 1 is 1.30 bits per heavy atom. The van der Waals surface area contributed by atoms with Gasteiger partial charge in [0.05, 0.1) is 18.1 Å². The summed E-state index contributed by atoms with van der Waals surface area (Å²) in [4.78, 5) is 27.1. The van der Waals surface area contributed by atoms with Crippen LogP contribution in [0.1, 0.15) is 26.2 Å². The van der Waals surface area contributed by atoms with E-state index >= 15 is 0 Å². The highest BCUT2D eigenvalue weighted by molar-refractivity contribution is 5.91. The van der Waals surface area contributed by atoms with Gasteiger partial charge >= 0.3 is 6.03 Å². The summed E-state index contributed by atoms with van der Waals surface area (Å²) in [6.07, 6.45) is 6.96. The lowest BCUT2D eigenvalue weighted by atomic mass is 10.0. The Hall–Kier alpha value is -1.85. The van der Waals surface area contributed by atoms with Gasteiger partial charge in [0.2, 0.25) is 5.91 Å². The molecular weight excluding hydrogens is 256 g/mol. The quantitative estimate of drug-likeness (QED) is 0.782. The van der Waals surface area contributed by atoms with E-state index in [9.17, 15) is 9.59 Å². The number of hydrogen-bond acceptors (Lipinski definition) is 3. The van der Waals surface area contributed by atoms with Crippen LogP contribution in [0.25, 0.3) is 0 Å². The van der Waals surface area contributed by atoms with Gasteiger partial charge in [0.15, 0.2) is 0 Å². The number of anilines is 1. The molecule has 108 valence electrons. The van der Waals surface area contributed by atoms with E-state index in [1.807, 2.05) is 4.90 Å². The largest absolute Gasteiger partial charge is 0.344 e. The first kappa shape index (κ1) is 13.1. The molecule has 6 nitrogen and oxygen atoms in total. The molecule has 1 aliphatic carbocycles. The summed E-state index contributed by atoms with van der Waals surface area (Å²) < 4.78 is 1.34. The van der Waals surface area contributed by atoms with Gasteiger partial charge in [-0.3, -0.25) is 4.79 Å². The third-order valence-electron chi connectivity index (χ3n) is 4.62. The number of amides is 2. The molecule has 2 fully saturated rings. The van der Waals surface area contributed by atoms with E-state index in [1.54, 1.807) is 19.4 Å². The molecular formula is C14H20N4O2. The first-order valence-electron chi connectivity index (χ1n) is 7.14. The van der Waals surface area contributed by atoms with E-state index in [0.717, 1.165) is 13.1 Å². The maximum atomic E-state index is 12.4. The first-order chi connectivity index (χ1) is 9.56. The zero-order valence-corrected chi connectivity index (χ0v) is 12.0. The Morgan fingerprint density at radius 3 is 2.55 bits per heavy atom. The molecule has 1 aliphatic heterocycles. The van der Waals surface area contributed by atoms with E-state index in [-0.39, 0.29) is 11.9 Å². The molecule has 20 heavy (non-hydrogen) atoms. The van der Waals surface area contributed by atoms with Gasteiger partial charge in [0.25, 0.3) is 0 Å². The van der Waals surface area contributed by atoms with E-state index in [2.05, 4.69) is 5.10 Å². The Labute approximate surface area is 118 Å². The smallest absolute Gasteiger partial charge is 0.322 e. The molecule has 0 aromatic carbocycles. The van der Waals surface area contributed by atoms with Crippen molar-refractivity contribution in [3.63, 3.8) is 0 Å². The highest BCUT2D eigenvalue weighted by Crippen LogP contribution is 2.37. The molecule has 2 aliphatic rings. The molecule has 0 N–H and O–H groups in total. The van der Waals surface area contributed by atoms with Crippen LogP contribution in [0.15, 0.2) is 12.4 Å². The summed E-state index contributed by atoms with van der Waals surface area (Å²) in [6.45, 7) is 3.18. The standard InChI is InChI=1S/C14H20N4O2/c1-10(19)16(2)13-6-15-18(9-13)14(20)17-7-11-4-3-5-12(11)8-17/h6,9,11-12H,3-5,7-8H2,1-2H3/t11-,12+. The van der Waals surface area contributed by atoms with Gasteiger partial charge in [0, 0.05) is 27.1 Å². The maximum absolute atomic E-state index is 12.4. The molecule has 2 atom stereocenters. The second kappa shape index (κ2) is 4.92. The fraction of sp³-hybridized carbons (Fsp3) is 0.643. The predicted molar refractivity (Wildman–Crippen MR) is 74.5 cm³/mol. The van der Waals surface area contributed by atoms with Gasteiger partial charge in [-0.25, -0.2) is 4.79 Å². The SMILES string of the molecule is CC(=O)N(C)c1cnn(C(=O)N2C[C@H]3CCC[C@H]3C2)c1. The summed E-state index contributed by atoms with van der Waals surface area (Å²) in [5.74, 6) is 1.27. The predicted octanol–water partition coefficient (Wildman–Crippen LogP) is 1.57. The van der Waals surface area contributed by atoms with E-state index < -0.39 is 0 Å². The Morgan fingerprint density at radius 2 is 1.95 bits per heavy atom. The van der Waals surface area contributed by atoms with E-state index in [0.29, 0.717) is 17.5 Å². The van der Waals surface area contributed by atoms with E-state index in [4.69, 9.17) is 0 Å². The molecule has 1 saturated carbocycles. The minimum Gasteiger partial charge on any atom is -0.322 e. The second-order valence-corrected chi connectivity index (χ2v) is 5.86. The van der Waals surface area contributed by atoms with Crippen LogP contribution in [-0.4, -0.2) is 46.8 Å². The summed E-state index contributed by atoms with van der Waals surface area (Å²) in [7, 11) is 1.68. The molecule has 1 saturated heterocycles. The van der Waals surface area contributed by atoms with Crippen LogP contribution >= 0.6 is 0 Å². The number of rotatable bonds is 1. The van der Waals surface area contributed by atoms with Crippen molar-refractivity contribution in [3.05, 3.63) is 12.4 Å². The summed E-state index contributed by atoms with van der Waals surface area (Å²) >= 11 is 0. The number of aromatic nitrogens is 2. The fourth-order valence-corrected chi connectivity index (χ4v) is 3.31. The van der Waals surface area contributed by atoms with Crippen LogP contribution in [0.2, 0.25) is 0 Å². The average molecular weight is 276 g/mol. The van der Waals surface area contributed by atoms with Crippen LogP contribution < -0.4 is 4.90 Å². The highest BCUT2D eigenvalue weighted by atomic mass is 16.2. The van der Waals surface area contributed by atoms with Crippen LogP contribution in [0, 0.1) is 11.8 Å². The lowest BCUT2D eigenvalue weighted by molar-refractivity contribution is -0.116. The summed E-state index contributed by atoms with van der Waals surface area (Å²) in [5.41, 5.74) is 0.644. The van der Waals surface area contributed by atoms with Crippen molar-refractivity contribution < 1.29 is 9.59 Å². The Balaban J connectivity index is 1.70. The Bertz CT molecular complexity index is 527. The second-order valence-electron chi connectivity index (χ2n) is 5.86. The lowest BCUT2D eigenvalue weighted by Crippen LogP contribution is -2.33. The number of nitrogens with zero attached hydrogens (tertiary/aromatic N) is 4. The van der Waals surface area contributed by atoms with Crippen molar-refractivity contribution in [1.29, 1.82) is 0 Å². The topological polar surface area (TPSA) is 58.4 Å². The maximum Gasteiger partial charge on any atom is 0.344 e. The van der Waals surface area contributed by atoms with E-state index in [1.165, 1.54) is 35.8 Å². The van der Waals surface area contributed by atoms with Gasteiger partial charge in [-0.05, 0) is 24.7 Å². The minimum atomic E-state index is -0.0809. The van der Waals surface area contributed by atoms with Crippen molar-refractivity contribution in [3.8, 4) is 0 Å². The van der Waals surface area contributed by atoms with Crippen LogP contribution in [0.3, 0.4) is 0 Å². The van der Waals surface area contributed by atoms with Gasteiger partial charge in [-0.2, -0.15) is 9.78 Å². The van der Waals surface area contributed by atoms with Gasteiger partial charge in [-0.1, -0.05) is 6.42 Å². The minimum absolute atomic E-state index is 0.0762. The molecule has 2 amide bonds. The van der Waals surface area contributed by atoms with Crippen LogP contribution in [0.4, 0.5) is 10.5 Å². The number of fused-ring (bicyclic) bond motifs is 1. The molecule has 2 heterocycles. The van der Waals surface area contributed by atoms with Crippen molar-refractivity contribution in [1.82, 2.24) is 14.7 Å². The third kappa shape index (κ3) is 2.19. The van der Waals surface area contributed by atoms with Crippen molar-refractivity contribution in [2.45, 2.75) is 26.2 Å². The molecule has 0 spiro atoms. The molecule has 1 aromatic heterocycles. The zero-order chi connectivity index (χ0) is 14.3. The third-order valence-corrected chi connectivity index (χ3v) is 4.62. The number of likely N-dealkylation sites (tertiary alicyclic amines) is 1. The molecule has 0 unspecified atom stereocenters. The molecule has 6 heteroatoms. The van der Waals surface area contributed by atoms with Gasteiger partial charge in [0.1, 0.15) is 0 Å². The number of carbonyl (C=O) groups excluding carboxylic acids is 2. The lowest BCUT2D eigenvalue weighted by Gasteiger charge is -2.16. The highest BCUT2D eigenvalue weighted by Gasteiger charge is 2.38. The van der Waals surface area contributed by atoms with Crippen molar-refractivity contribution in [2.24, 2.45) is 11.8 Å². The average Bonchev–Trinajstić information content (AvgIpc) is 3.11. The normalized spacial score (nSPS) is 24.8. The molecule has 1 aromatic rings. The Kier molecular flexibility index (Phi) is 3.23. The molecule has 0 bridgehead atoms. The fourth-order valence-electron chi connectivity index (χ4n) is 3.31. The first-order valence-corrected chi connectivity index (χ1v) is 7.14. The zero-order valence-electron chi connectivity index (χ0n) is 12.0. The summed E-state index contributed by atoms with van der Waals surface area (Å²) in [5, 5.41) is 4.09. The van der Waals surface area contributed by atoms with Crippen molar-refractivity contribution >= 4 is 17.6 Å². The van der Waals surface area contributed by atoms with Crippen molar-refractivity contribution in [2.75, 3.05) is 25.0 Å². The van der Waals surface area contributed by atoms with Gasteiger partial charge in [-0.15, -0.1) is 0 Å². The summed E-state index contributed by atoms with van der Waals surface area (Å²) in [6, 6.07) is -0.0809. The number of carbonyl (C=O) groups is 2. The molecule has 3 rings (SSSR count). The van der Waals surface area contributed by atoms with Crippen LogP contribution in [-0.2, 0) is 4.79 Å². The monoisotopic (exact) mass is 276 g/mol. The van der Waals surface area contributed by atoms with Crippen LogP contribution in [0.5, 0.6) is 0 Å². The van der Waals surface area contributed by atoms with Gasteiger partial charge < -0.3 is 9.80 Å². The molecule has 0 radical (unpaired) electrons. The number of hydrogen-bond donors (Lipinski definition) is 0.